The van der Waals surface area contributed by atoms with Crippen molar-refractivity contribution < 1.29 is 15.0 Å². The molecule has 5 aliphatic carbocycles. The van der Waals surface area contributed by atoms with Crippen LogP contribution < -0.4 is 0 Å². The lowest BCUT2D eigenvalue weighted by molar-refractivity contribution is -0.156. The van der Waals surface area contributed by atoms with Crippen LogP contribution in [0.2, 0.25) is 0 Å². The fourth-order valence-corrected chi connectivity index (χ4v) is 11.0. The molecule has 0 radical (unpaired) electrons. The van der Waals surface area contributed by atoms with Crippen LogP contribution in [0.3, 0.4) is 0 Å². The van der Waals surface area contributed by atoms with Crippen molar-refractivity contribution in [3.63, 3.8) is 0 Å². The number of fused-ring (bicyclic) bond motifs is 6. The number of hydrogen-bond acceptors (Lipinski definition) is 3. The van der Waals surface area contributed by atoms with E-state index in [1.165, 1.54) is 19.3 Å². The fourth-order valence-electron chi connectivity index (χ4n) is 11.0. The van der Waals surface area contributed by atoms with Gasteiger partial charge in [0.05, 0.1) is 12.2 Å². The number of allylic oxidation sites excluding steroid dienone is 1. The Morgan fingerprint density at radius 1 is 0.879 bits per heavy atom. The van der Waals surface area contributed by atoms with Gasteiger partial charge in [-0.15, -0.1) is 0 Å². The Hall–Kier alpha value is -0.670. The summed E-state index contributed by atoms with van der Waals surface area (Å²) in [6, 6.07) is 0. The summed E-state index contributed by atoms with van der Waals surface area (Å²) in [5, 5.41) is 22.7. The molecule has 5 aliphatic rings. The van der Waals surface area contributed by atoms with E-state index in [0.29, 0.717) is 23.7 Å². The van der Waals surface area contributed by atoms with Crippen molar-refractivity contribution in [2.45, 2.75) is 119 Å². The average Bonchev–Trinajstić information content (AvgIpc) is 3.07. The maximum Gasteiger partial charge on any atom is 0.159 e. The second kappa shape index (κ2) is 6.96. The number of aliphatic hydroxyl groups is 2. The van der Waals surface area contributed by atoms with E-state index in [-0.39, 0.29) is 39.5 Å². The zero-order valence-corrected chi connectivity index (χ0v) is 22.4. The van der Waals surface area contributed by atoms with E-state index in [4.69, 9.17) is 0 Å². The van der Waals surface area contributed by atoms with Crippen LogP contribution in [-0.4, -0.2) is 28.2 Å². The molecule has 5 rings (SSSR count). The summed E-state index contributed by atoms with van der Waals surface area (Å²) in [7, 11) is 0. The van der Waals surface area contributed by atoms with Crippen LogP contribution in [0.5, 0.6) is 0 Å². The fraction of sp³-hybridized carbons (Fsp3) is 0.900. The molecule has 0 heterocycles. The molecule has 0 aliphatic heterocycles. The number of aliphatic hydroxyl groups excluding tert-OH is 2. The van der Waals surface area contributed by atoms with Crippen molar-refractivity contribution >= 4 is 5.78 Å². The quantitative estimate of drug-likeness (QED) is 0.485. The Kier molecular flexibility index (Phi) is 5.07. The molecule has 0 saturated heterocycles. The first-order chi connectivity index (χ1) is 15.1. The van der Waals surface area contributed by atoms with Gasteiger partial charge in [-0.3, -0.25) is 4.79 Å². The number of Topliss-reactive ketones (excluding diaryl/α,β-unsaturated/α-hetero) is 1. The van der Waals surface area contributed by atoms with Gasteiger partial charge in [0.25, 0.3) is 0 Å². The highest BCUT2D eigenvalue weighted by atomic mass is 16.3. The topological polar surface area (TPSA) is 57.5 Å². The number of hydrogen-bond donors (Lipinski definition) is 2. The molecular weight excluding hydrogens is 408 g/mol. The lowest BCUT2D eigenvalue weighted by atomic mass is 9.37. The average molecular weight is 457 g/mol. The maximum atomic E-state index is 14.1. The van der Waals surface area contributed by atoms with Crippen LogP contribution in [0, 0.1) is 50.7 Å². The molecule has 186 valence electrons. The van der Waals surface area contributed by atoms with Crippen molar-refractivity contribution in [1.29, 1.82) is 0 Å². The summed E-state index contributed by atoms with van der Waals surface area (Å²) < 4.78 is 0. The van der Waals surface area contributed by atoms with Gasteiger partial charge in [-0.05, 0) is 95.9 Å². The predicted molar refractivity (Wildman–Crippen MR) is 132 cm³/mol. The Morgan fingerprint density at radius 3 is 2.18 bits per heavy atom. The highest BCUT2D eigenvalue weighted by Gasteiger charge is 2.69. The summed E-state index contributed by atoms with van der Waals surface area (Å²) in [5.41, 5.74) is 1.67. The Bertz CT molecular complexity index is 900. The third-order valence-corrected chi connectivity index (χ3v) is 12.9. The molecule has 2 N–H and O–H groups in total. The van der Waals surface area contributed by atoms with Gasteiger partial charge < -0.3 is 10.2 Å². The molecule has 0 aromatic carbocycles. The minimum absolute atomic E-state index is 0.0511. The van der Waals surface area contributed by atoms with Crippen LogP contribution in [0.1, 0.15) is 107 Å². The Balaban J connectivity index is 1.66. The van der Waals surface area contributed by atoms with Crippen LogP contribution in [0.4, 0.5) is 0 Å². The van der Waals surface area contributed by atoms with Crippen LogP contribution >= 0.6 is 0 Å². The molecule has 1 unspecified atom stereocenters. The first-order valence-corrected chi connectivity index (χ1v) is 13.8. The van der Waals surface area contributed by atoms with E-state index in [9.17, 15) is 15.0 Å². The second-order valence-corrected chi connectivity index (χ2v) is 14.7. The van der Waals surface area contributed by atoms with Crippen molar-refractivity contribution in [2.75, 3.05) is 0 Å². The lowest BCUT2D eigenvalue weighted by Gasteiger charge is -2.67. The highest BCUT2D eigenvalue weighted by molar-refractivity contribution is 5.99. The molecule has 0 bridgehead atoms. The zero-order chi connectivity index (χ0) is 24.4. The normalized spacial score (nSPS) is 53.4. The molecule has 0 amide bonds. The molecular formula is C30H48O3. The van der Waals surface area contributed by atoms with E-state index in [1.807, 2.05) is 0 Å². The lowest BCUT2D eigenvalue weighted by Crippen LogP contribution is -2.63. The number of carbonyl (C=O) groups is 1. The van der Waals surface area contributed by atoms with Gasteiger partial charge in [-0.2, -0.15) is 0 Å². The van der Waals surface area contributed by atoms with Crippen LogP contribution in [0.15, 0.2) is 11.1 Å². The van der Waals surface area contributed by atoms with E-state index in [1.54, 1.807) is 0 Å². The minimum Gasteiger partial charge on any atom is -0.393 e. The van der Waals surface area contributed by atoms with Gasteiger partial charge in [-0.1, -0.05) is 55.4 Å². The summed E-state index contributed by atoms with van der Waals surface area (Å²) in [6.45, 7) is 18.7. The standard InChI is InChI=1S/C30H48O3/c1-17(2)18-9-10-21-27(18,5)13-14-29(7)25-19(31)15-22-26(3,4)23(33)11-12-28(22,6)24(25)20(32)16-30(21,29)8/h17-18,20-23,32-33H,9-16H2,1-8H3/t18-,20-,21-,22?,23+,27-,28+,29-,30+/m1/s1. The van der Waals surface area contributed by atoms with Crippen molar-refractivity contribution in [3.05, 3.63) is 11.1 Å². The maximum absolute atomic E-state index is 14.1. The number of rotatable bonds is 1. The molecule has 3 fully saturated rings. The van der Waals surface area contributed by atoms with E-state index in [2.05, 4.69) is 55.4 Å². The van der Waals surface area contributed by atoms with Gasteiger partial charge in [0, 0.05) is 17.4 Å². The smallest absolute Gasteiger partial charge is 0.159 e. The van der Waals surface area contributed by atoms with Gasteiger partial charge >= 0.3 is 0 Å². The van der Waals surface area contributed by atoms with Crippen molar-refractivity contribution in [2.24, 2.45) is 50.7 Å². The van der Waals surface area contributed by atoms with E-state index < -0.39 is 6.10 Å². The van der Waals surface area contributed by atoms with Gasteiger partial charge in [0.2, 0.25) is 0 Å². The van der Waals surface area contributed by atoms with E-state index >= 15 is 0 Å². The Morgan fingerprint density at radius 2 is 1.55 bits per heavy atom. The summed E-state index contributed by atoms with van der Waals surface area (Å²) in [5.74, 6) is 2.34. The summed E-state index contributed by atoms with van der Waals surface area (Å²) >= 11 is 0. The highest BCUT2D eigenvalue weighted by Crippen LogP contribution is 2.75. The molecule has 3 heteroatoms. The molecule has 0 spiro atoms. The monoisotopic (exact) mass is 456 g/mol. The second-order valence-electron chi connectivity index (χ2n) is 14.7. The van der Waals surface area contributed by atoms with Gasteiger partial charge in [0.1, 0.15) is 0 Å². The van der Waals surface area contributed by atoms with Crippen molar-refractivity contribution in [1.82, 2.24) is 0 Å². The SMILES string of the molecule is CC(C)[C@H]1CC[C@@H]2[C@]1(C)CC[C@]1(C)C3=C([C@H](O)C[C@@]21C)[C@@]1(C)CC[C@H](O)C(C)(C)C1CC3=O. The largest absolute Gasteiger partial charge is 0.393 e. The van der Waals surface area contributed by atoms with Crippen LogP contribution in [0.25, 0.3) is 0 Å². The number of carbonyl (C=O) groups excluding carboxylic acids is 1. The molecule has 33 heavy (non-hydrogen) atoms. The third kappa shape index (κ3) is 2.73. The molecule has 3 nitrogen and oxygen atoms in total. The van der Waals surface area contributed by atoms with E-state index in [0.717, 1.165) is 42.7 Å². The molecule has 0 aromatic heterocycles. The first-order valence-electron chi connectivity index (χ1n) is 13.8. The molecule has 0 aromatic rings. The van der Waals surface area contributed by atoms with Crippen molar-refractivity contribution in [3.8, 4) is 0 Å². The minimum atomic E-state index is -0.540. The molecule has 3 saturated carbocycles. The summed E-state index contributed by atoms with van der Waals surface area (Å²) in [6.07, 6.45) is 6.77. The Labute approximate surface area is 201 Å². The van der Waals surface area contributed by atoms with Gasteiger partial charge in [0.15, 0.2) is 5.78 Å². The molecule has 9 atom stereocenters. The zero-order valence-electron chi connectivity index (χ0n) is 22.4. The summed E-state index contributed by atoms with van der Waals surface area (Å²) in [4.78, 5) is 14.1. The van der Waals surface area contributed by atoms with Gasteiger partial charge in [-0.25, -0.2) is 0 Å². The number of ketones is 1. The third-order valence-electron chi connectivity index (χ3n) is 12.9. The van der Waals surface area contributed by atoms with Crippen LogP contribution in [-0.2, 0) is 4.79 Å². The predicted octanol–water partition coefficient (Wildman–Crippen LogP) is 6.32. The first kappa shape index (κ1) is 24.0.